The lowest BCUT2D eigenvalue weighted by Gasteiger charge is -2.45. The lowest BCUT2D eigenvalue weighted by molar-refractivity contribution is -0.294. The molecule has 27 nitrogen and oxygen atoms in total. The van der Waals surface area contributed by atoms with Crippen LogP contribution in [-0.4, -0.2) is 172 Å². The Bertz CT molecular complexity index is 2850. The van der Waals surface area contributed by atoms with Gasteiger partial charge in [-0.25, -0.2) is 20.0 Å². The van der Waals surface area contributed by atoms with Crippen LogP contribution in [0, 0.1) is 0 Å². The summed E-state index contributed by atoms with van der Waals surface area (Å²) in [6.07, 6.45) is -18.5. The summed E-state index contributed by atoms with van der Waals surface area (Å²) in [5.41, 5.74) is -2.46. The summed E-state index contributed by atoms with van der Waals surface area (Å²) in [6.45, 7) is 2.46. The fourth-order valence-electron chi connectivity index (χ4n) is 9.57. The summed E-state index contributed by atoms with van der Waals surface area (Å²) in [7, 11) is 1.25. The maximum absolute atomic E-state index is 14.7. The molecule has 0 bridgehead atoms. The zero-order valence-electron chi connectivity index (χ0n) is 41.9. The van der Waals surface area contributed by atoms with Gasteiger partial charge in [-0.2, -0.15) is 0 Å². The van der Waals surface area contributed by atoms with E-state index >= 15 is 0 Å². The molecular weight excluding hydrogens is 1030 g/mol. The van der Waals surface area contributed by atoms with Crippen LogP contribution in [0.5, 0.6) is 17.2 Å². The second kappa shape index (κ2) is 23.3. The number of amides is 1. The van der Waals surface area contributed by atoms with Crippen molar-refractivity contribution in [2.75, 3.05) is 32.1 Å². The maximum atomic E-state index is 14.7. The van der Waals surface area contributed by atoms with E-state index in [-0.39, 0.29) is 33.7 Å². The second-order valence-corrected chi connectivity index (χ2v) is 18.1. The van der Waals surface area contributed by atoms with E-state index in [1.165, 1.54) is 56.5 Å². The van der Waals surface area contributed by atoms with Crippen LogP contribution in [0.3, 0.4) is 0 Å². The van der Waals surface area contributed by atoms with Gasteiger partial charge in [0.15, 0.2) is 36.9 Å². The molecule has 3 aromatic carbocycles. The number of aliphatic hydroxyl groups excluding tert-OH is 3. The number of esters is 5. The van der Waals surface area contributed by atoms with Gasteiger partial charge in [-0.3, -0.25) is 33.6 Å². The van der Waals surface area contributed by atoms with Crippen LogP contribution in [0.4, 0.5) is 10.5 Å². The fraction of sp³-hybridized carbons (Fsp3) is 0.460. The molecule has 3 aromatic rings. The van der Waals surface area contributed by atoms with Gasteiger partial charge in [0.25, 0.3) is 0 Å². The number of carbonyl (C=O) groups excluding carboxylic acids is 9. The lowest BCUT2D eigenvalue weighted by Crippen LogP contribution is -2.64. The molecular formula is C50H54N2O25. The van der Waals surface area contributed by atoms with Gasteiger partial charge in [0.05, 0.1) is 59.4 Å². The SMILES string of the molecule is COc1cccc2c1C(=O)c1c(O)c3c(c(O)c1C2=O)C[C@@](O)(C(=O)CO)C[C@@H]3OC1CC(NN(C(=O)O[C@@H]2O[C@H](COC(C)=O)[C@H](OC(C)=O)[C@H](OC(C)=O)[C@H]2OC(C)=O)c2ccc(C(=O)OCO)cc2)C(O)C(C)O1. The number of phenolic OH excluding ortho intramolecular Hbond substituents is 2. The minimum absolute atomic E-state index is 0.0309. The Balaban J connectivity index is 1.26. The molecule has 2 fully saturated rings. The predicted octanol–water partition coefficient (Wildman–Crippen LogP) is 0.380. The van der Waals surface area contributed by atoms with Gasteiger partial charge in [0.1, 0.15) is 42.2 Å². The van der Waals surface area contributed by atoms with Gasteiger partial charge in [-0.15, -0.1) is 0 Å². The van der Waals surface area contributed by atoms with Crippen molar-refractivity contribution in [3.8, 4) is 17.2 Å². The number of aromatic hydroxyl groups is 2. The predicted molar refractivity (Wildman–Crippen MR) is 251 cm³/mol. The third kappa shape index (κ3) is 11.7. The molecule has 0 saturated carbocycles. The van der Waals surface area contributed by atoms with Crippen LogP contribution in [0.25, 0.3) is 0 Å². The molecule has 11 atom stereocenters. The number of phenols is 2. The highest BCUT2D eigenvalue weighted by atomic mass is 16.8. The van der Waals surface area contributed by atoms with Crippen molar-refractivity contribution in [2.24, 2.45) is 0 Å². The number of hydrogen-bond donors (Lipinski definition) is 7. The highest BCUT2D eigenvalue weighted by molar-refractivity contribution is 6.31. The Labute approximate surface area is 436 Å². The number of ether oxygens (including phenoxy) is 10. The van der Waals surface area contributed by atoms with Crippen LogP contribution in [-0.2, 0) is 73.0 Å². The number of benzene rings is 3. The molecule has 27 heteroatoms. The monoisotopic (exact) mass is 1080 g/mol. The van der Waals surface area contributed by atoms with Gasteiger partial charge in [-0.1, -0.05) is 12.1 Å². The van der Waals surface area contributed by atoms with E-state index in [1.54, 1.807) is 0 Å². The van der Waals surface area contributed by atoms with E-state index in [9.17, 15) is 73.8 Å². The first-order valence-corrected chi connectivity index (χ1v) is 23.6. The van der Waals surface area contributed by atoms with Crippen molar-refractivity contribution in [3.63, 3.8) is 0 Å². The molecule has 7 rings (SSSR count). The number of anilines is 1. The highest BCUT2D eigenvalue weighted by Crippen LogP contribution is 2.52. The first kappa shape index (κ1) is 57.1. The number of Topliss-reactive ketones (excluding diaryl/α,β-unsaturated/α-hetero) is 1. The number of ketones is 3. The van der Waals surface area contributed by atoms with Crippen LogP contribution >= 0.6 is 0 Å². The summed E-state index contributed by atoms with van der Waals surface area (Å²) >= 11 is 0. The van der Waals surface area contributed by atoms with E-state index < -0.39 is 188 Å². The number of hydrazine groups is 1. The minimum atomic E-state index is -2.53. The van der Waals surface area contributed by atoms with Gasteiger partial charge >= 0.3 is 35.9 Å². The summed E-state index contributed by atoms with van der Waals surface area (Å²) < 4.78 is 55.5. The molecule has 4 aliphatic rings. The number of fused-ring (bicyclic) bond motifs is 3. The molecule has 0 aromatic heterocycles. The molecule has 77 heavy (non-hydrogen) atoms. The Hall–Kier alpha value is -7.63. The number of methoxy groups -OCH3 is 1. The highest BCUT2D eigenvalue weighted by Gasteiger charge is 2.55. The molecule has 2 saturated heterocycles. The number of nitrogens with one attached hydrogen (secondary N) is 1. The van der Waals surface area contributed by atoms with E-state index in [4.69, 9.17) is 42.6 Å². The molecule has 2 aliphatic heterocycles. The van der Waals surface area contributed by atoms with E-state index in [0.717, 1.165) is 27.7 Å². The van der Waals surface area contributed by atoms with Crippen LogP contribution in [0.15, 0.2) is 42.5 Å². The third-order valence-corrected chi connectivity index (χ3v) is 13.0. The van der Waals surface area contributed by atoms with Crippen molar-refractivity contribution < 1.29 is 121 Å². The Kier molecular flexibility index (Phi) is 17.3. The molecule has 1 amide bonds. The Morgan fingerprint density at radius 2 is 1.42 bits per heavy atom. The third-order valence-electron chi connectivity index (χ3n) is 13.0. The number of hydrogen-bond acceptors (Lipinski definition) is 26. The van der Waals surface area contributed by atoms with E-state index in [0.29, 0.717) is 5.01 Å². The summed E-state index contributed by atoms with van der Waals surface area (Å²) in [5.74, 6) is -9.56. The molecule has 2 aliphatic carbocycles. The topological polar surface area (TPSA) is 383 Å². The first-order chi connectivity index (χ1) is 36.4. The molecule has 0 spiro atoms. The first-order valence-electron chi connectivity index (χ1n) is 23.6. The molecule has 2 heterocycles. The standard InChI is InChI=1S/C50H54N2O25/c1-20-39(60)29(14-34(71-20)75-31-16-50(67,33(59)17-53)15-28-36(31)43(64)38-37(41(28)62)40(61)27-8-7-9-30(68-6)35(27)42(38)63)51-52(26-12-10-25(11-13-26)47(65)70-19-54)49(66)77-48-46(74-24(5)58)45(73-23(4)57)44(72-22(3)56)32(76-48)18-69-21(2)55/h7-13,20,29,31-32,34,39,44-46,48,51,53-54,60,62,64,67H,14-19H2,1-6H3/t20?,29?,31-,32+,34?,39?,44-,45-,46+,48-,50-/m0/s1. The van der Waals surface area contributed by atoms with Crippen molar-refractivity contribution in [1.82, 2.24) is 5.43 Å². The van der Waals surface area contributed by atoms with Crippen molar-refractivity contribution >= 4 is 59.0 Å². The average molecular weight is 1080 g/mol. The number of aliphatic hydroxyl groups is 4. The Morgan fingerprint density at radius 1 is 0.779 bits per heavy atom. The zero-order chi connectivity index (χ0) is 56.4. The summed E-state index contributed by atoms with van der Waals surface area (Å²) in [6, 6.07) is 7.45. The quantitative estimate of drug-likeness (QED) is 0.0262. The van der Waals surface area contributed by atoms with Crippen molar-refractivity contribution in [2.45, 2.75) is 121 Å². The van der Waals surface area contributed by atoms with Crippen LogP contribution in [0.2, 0.25) is 0 Å². The summed E-state index contributed by atoms with van der Waals surface area (Å²) in [5, 5.41) is 67.2. The normalized spacial score (nSPS) is 26.4. The smallest absolute Gasteiger partial charge is 0.431 e. The van der Waals surface area contributed by atoms with Gasteiger partial charge in [-0.05, 0) is 37.3 Å². The van der Waals surface area contributed by atoms with Crippen LogP contribution in [0.1, 0.15) is 107 Å². The average Bonchev–Trinajstić information content (AvgIpc) is 3.46. The molecule has 0 radical (unpaired) electrons. The number of nitrogens with zero attached hydrogens (tertiary/aromatic N) is 1. The summed E-state index contributed by atoms with van der Waals surface area (Å²) in [4.78, 5) is 118. The van der Waals surface area contributed by atoms with Gasteiger partial charge < -0.3 is 78.0 Å². The number of rotatable bonds is 16. The fourth-order valence-corrected chi connectivity index (χ4v) is 9.57. The maximum Gasteiger partial charge on any atom is 0.431 e. The zero-order valence-corrected chi connectivity index (χ0v) is 41.9. The molecule has 4 unspecified atom stereocenters. The van der Waals surface area contributed by atoms with Crippen LogP contribution < -0.4 is 15.2 Å². The largest absolute Gasteiger partial charge is 0.507 e. The van der Waals surface area contributed by atoms with Gasteiger partial charge in [0, 0.05) is 63.6 Å². The second-order valence-electron chi connectivity index (χ2n) is 18.1. The van der Waals surface area contributed by atoms with Crippen molar-refractivity contribution in [1.29, 1.82) is 0 Å². The molecule has 414 valence electrons. The Morgan fingerprint density at radius 3 is 2.03 bits per heavy atom. The van der Waals surface area contributed by atoms with Gasteiger partial charge in [0.2, 0.25) is 18.2 Å². The minimum Gasteiger partial charge on any atom is -0.507 e. The molecule has 7 N–H and O–H groups in total. The van der Waals surface area contributed by atoms with E-state index in [1.807, 2.05) is 0 Å². The lowest BCUT2D eigenvalue weighted by atomic mass is 9.72. The van der Waals surface area contributed by atoms with Crippen molar-refractivity contribution in [3.05, 3.63) is 81.4 Å². The number of carbonyl (C=O) groups is 9. The van der Waals surface area contributed by atoms with E-state index in [2.05, 4.69) is 10.2 Å².